The fraction of sp³-hybridized carbons (Fsp3) is 0.556. The van der Waals surface area contributed by atoms with Crippen molar-refractivity contribution in [1.29, 1.82) is 5.26 Å². The van der Waals surface area contributed by atoms with Crippen LogP contribution in [-0.2, 0) is 4.79 Å². The van der Waals surface area contributed by atoms with Gasteiger partial charge in [0.15, 0.2) is 0 Å². The van der Waals surface area contributed by atoms with E-state index in [1.54, 1.807) is 0 Å². The number of nitrogens with zero attached hydrogens (tertiary/aromatic N) is 1. The third-order valence-corrected chi connectivity index (χ3v) is 4.76. The first-order chi connectivity index (χ1) is 12.4. The predicted molar refractivity (Wildman–Crippen MR) is 95.4 cm³/mol. The van der Waals surface area contributed by atoms with Crippen LogP contribution in [0.25, 0.3) is 0 Å². The second kappa shape index (κ2) is 7.76. The SMILES string of the molecule is CC(C)(F)CC(NC(c1ccc(Br)cc1)C(F)(F)F)C(=O)NC1(C#N)CC1. The molecule has 0 aromatic heterocycles. The van der Waals surface area contributed by atoms with Crippen molar-refractivity contribution in [3.8, 4) is 6.07 Å². The van der Waals surface area contributed by atoms with E-state index in [1.165, 1.54) is 38.1 Å². The molecule has 0 bridgehead atoms. The van der Waals surface area contributed by atoms with Crippen molar-refractivity contribution >= 4 is 21.8 Å². The summed E-state index contributed by atoms with van der Waals surface area (Å²) in [6.07, 6.45) is -4.31. The Morgan fingerprint density at radius 3 is 2.22 bits per heavy atom. The van der Waals surface area contributed by atoms with Crippen LogP contribution in [0.3, 0.4) is 0 Å². The minimum Gasteiger partial charge on any atom is -0.336 e. The molecule has 1 aliphatic carbocycles. The van der Waals surface area contributed by atoms with Crippen molar-refractivity contribution in [2.75, 3.05) is 0 Å². The normalized spacial score (nSPS) is 18.3. The van der Waals surface area contributed by atoms with E-state index >= 15 is 0 Å². The zero-order valence-electron chi connectivity index (χ0n) is 14.8. The fourth-order valence-corrected chi connectivity index (χ4v) is 2.93. The van der Waals surface area contributed by atoms with Gasteiger partial charge in [-0.25, -0.2) is 4.39 Å². The number of carbonyl (C=O) groups excluding carboxylic acids is 1. The molecule has 0 spiro atoms. The Morgan fingerprint density at radius 2 is 1.81 bits per heavy atom. The van der Waals surface area contributed by atoms with Crippen molar-refractivity contribution in [2.45, 2.75) is 62.6 Å². The third-order valence-electron chi connectivity index (χ3n) is 4.23. The van der Waals surface area contributed by atoms with Crippen LogP contribution in [0.15, 0.2) is 28.7 Å². The molecule has 0 radical (unpaired) electrons. The molecule has 1 aliphatic rings. The number of benzene rings is 1. The van der Waals surface area contributed by atoms with E-state index in [2.05, 4.69) is 26.6 Å². The van der Waals surface area contributed by atoms with Crippen LogP contribution in [0.4, 0.5) is 17.6 Å². The number of carbonyl (C=O) groups is 1. The van der Waals surface area contributed by atoms with Gasteiger partial charge in [0.1, 0.15) is 17.2 Å². The van der Waals surface area contributed by atoms with Gasteiger partial charge in [-0.05, 0) is 44.4 Å². The number of nitrogens with one attached hydrogen (secondary N) is 2. The van der Waals surface area contributed by atoms with E-state index in [9.17, 15) is 22.4 Å². The molecule has 1 aromatic rings. The molecule has 1 amide bonds. The molecule has 0 aliphatic heterocycles. The fourth-order valence-electron chi connectivity index (χ4n) is 2.66. The Morgan fingerprint density at radius 1 is 1.26 bits per heavy atom. The van der Waals surface area contributed by atoms with E-state index < -0.39 is 41.8 Å². The van der Waals surface area contributed by atoms with Crippen molar-refractivity contribution in [3.05, 3.63) is 34.3 Å². The monoisotopic (exact) mass is 449 g/mol. The van der Waals surface area contributed by atoms with E-state index in [4.69, 9.17) is 5.26 Å². The number of halogens is 5. The zero-order valence-corrected chi connectivity index (χ0v) is 16.4. The highest BCUT2D eigenvalue weighted by atomic mass is 79.9. The van der Waals surface area contributed by atoms with Gasteiger partial charge >= 0.3 is 6.18 Å². The molecular formula is C18H20BrF4N3O. The number of rotatable bonds is 7. The molecule has 0 heterocycles. The summed E-state index contributed by atoms with van der Waals surface area (Å²) in [6, 6.07) is 3.81. The summed E-state index contributed by atoms with van der Waals surface area (Å²) in [5, 5.41) is 13.8. The highest BCUT2D eigenvalue weighted by molar-refractivity contribution is 9.10. The summed E-state index contributed by atoms with van der Waals surface area (Å²) < 4.78 is 55.6. The van der Waals surface area contributed by atoms with Crippen molar-refractivity contribution in [1.82, 2.24) is 10.6 Å². The lowest BCUT2D eigenvalue weighted by Gasteiger charge is -2.30. The van der Waals surface area contributed by atoms with Crippen molar-refractivity contribution < 1.29 is 22.4 Å². The summed E-state index contributed by atoms with van der Waals surface area (Å²) in [7, 11) is 0. The molecule has 1 saturated carbocycles. The second-order valence-corrected chi connectivity index (χ2v) is 8.27. The first-order valence-corrected chi connectivity index (χ1v) is 9.15. The van der Waals surface area contributed by atoms with Gasteiger partial charge in [0.25, 0.3) is 0 Å². The van der Waals surface area contributed by atoms with Gasteiger partial charge in [-0.2, -0.15) is 18.4 Å². The number of nitriles is 1. The van der Waals surface area contributed by atoms with Crippen LogP contribution in [0.1, 0.15) is 44.7 Å². The Labute approximate surface area is 163 Å². The maximum absolute atomic E-state index is 14.2. The lowest BCUT2D eigenvalue weighted by atomic mass is 9.97. The number of alkyl halides is 4. The molecule has 0 saturated heterocycles. The summed E-state index contributed by atoms with van der Waals surface area (Å²) >= 11 is 3.16. The average molecular weight is 450 g/mol. The van der Waals surface area contributed by atoms with E-state index in [-0.39, 0.29) is 5.56 Å². The number of hydrogen-bond donors (Lipinski definition) is 2. The lowest BCUT2D eigenvalue weighted by molar-refractivity contribution is -0.161. The first-order valence-electron chi connectivity index (χ1n) is 8.36. The van der Waals surface area contributed by atoms with Crippen LogP contribution < -0.4 is 10.6 Å². The van der Waals surface area contributed by atoms with Crippen LogP contribution in [0, 0.1) is 11.3 Å². The quantitative estimate of drug-likeness (QED) is 0.609. The first kappa shape index (κ1) is 21.6. The summed E-state index contributed by atoms with van der Waals surface area (Å²) in [5.41, 5.74) is -3.03. The molecule has 1 aromatic carbocycles. The highest BCUT2D eigenvalue weighted by Gasteiger charge is 2.48. The molecule has 148 valence electrons. The predicted octanol–water partition coefficient (Wildman–Crippen LogP) is 4.32. The van der Waals surface area contributed by atoms with Crippen LogP contribution in [-0.4, -0.2) is 29.3 Å². The summed E-state index contributed by atoms with van der Waals surface area (Å²) in [5.74, 6) is -0.814. The van der Waals surface area contributed by atoms with E-state index in [0.717, 1.165) is 0 Å². The smallest absolute Gasteiger partial charge is 0.336 e. The van der Waals surface area contributed by atoms with Crippen molar-refractivity contribution in [3.63, 3.8) is 0 Å². The van der Waals surface area contributed by atoms with Gasteiger partial charge in [0.2, 0.25) is 5.91 Å². The maximum Gasteiger partial charge on any atom is 0.407 e. The van der Waals surface area contributed by atoms with Gasteiger partial charge in [-0.15, -0.1) is 0 Å². The standard InChI is InChI=1S/C18H20BrF4N3O/c1-16(2,20)9-13(15(27)26-17(10-24)7-8-17)25-14(18(21,22)23)11-3-5-12(19)6-4-11/h3-6,13-14,25H,7-9H2,1-2H3,(H,26,27). The molecule has 2 rings (SSSR count). The molecule has 2 unspecified atom stereocenters. The van der Waals surface area contributed by atoms with E-state index in [1.807, 2.05) is 6.07 Å². The Hall–Kier alpha value is -1.66. The highest BCUT2D eigenvalue weighted by Crippen LogP contribution is 2.36. The van der Waals surface area contributed by atoms with E-state index in [0.29, 0.717) is 17.3 Å². The Kier molecular flexibility index (Phi) is 6.22. The average Bonchev–Trinajstić information content (AvgIpc) is 3.30. The minimum atomic E-state index is -4.70. The van der Waals surface area contributed by atoms with Gasteiger partial charge in [0.05, 0.1) is 12.1 Å². The molecule has 2 atom stereocenters. The molecule has 27 heavy (non-hydrogen) atoms. The van der Waals surface area contributed by atoms with Gasteiger partial charge in [0, 0.05) is 10.9 Å². The number of amides is 1. The Bertz CT molecular complexity index is 718. The molecule has 1 fully saturated rings. The molecule has 9 heteroatoms. The second-order valence-electron chi connectivity index (χ2n) is 7.35. The summed E-state index contributed by atoms with van der Waals surface area (Å²) in [4.78, 5) is 12.5. The van der Waals surface area contributed by atoms with Gasteiger partial charge in [-0.3, -0.25) is 10.1 Å². The molecule has 2 N–H and O–H groups in total. The minimum absolute atomic E-state index is 0.0958. The number of hydrogen-bond acceptors (Lipinski definition) is 3. The van der Waals surface area contributed by atoms with Crippen molar-refractivity contribution in [2.24, 2.45) is 0 Å². The van der Waals surface area contributed by atoms with Crippen LogP contribution >= 0.6 is 15.9 Å². The van der Waals surface area contributed by atoms with Crippen LogP contribution in [0.2, 0.25) is 0 Å². The molecule has 4 nitrogen and oxygen atoms in total. The largest absolute Gasteiger partial charge is 0.407 e. The van der Waals surface area contributed by atoms with Gasteiger partial charge < -0.3 is 5.32 Å². The lowest BCUT2D eigenvalue weighted by Crippen LogP contribution is -2.53. The Balaban J connectivity index is 2.28. The molecular weight excluding hydrogens is 430 g/mol. The van der Waals surface area contributed by atoms with Crippen LogP contribution in [0.5, 0.6) is 0 Å². The maximum atomic E-state index is 14.2. The zero-order chi connectivity index (χ0) is 20.5. The topological polar surface area (TPSA) is 64.9 Å². The van der Waals surface area contributed by atoms with Gasteiger partial charge in [-0.1, -0.05) is 28.1 Å². The summed E-state index contributed by atoms with van der Waals surface area (Å²) in [6.45, 7) is 2.38. The third kappa shape index (κ3) is 6.18.